The Morgan fingerprint density at radius 2 is 2.07 bits per heavy atom. The molecule has 1 heterocycles. The van der Waals surface area contributed by atoms with Gasteiger partial charge >= 0.3 is 5.97 Å². The highest BCUT2D eigenvalue weighted by Crippen LogP contribution is 2.27. The molecule has 1 unspecified atom stereocenters. The molecule has 0 bridgehead atoms. The van der Waals surface area contributed by atoms with Gasteiger partial charge in [0.25, 0.3) is 0 Å². The van der Waals surface area contributed by atoms with E-state index in [-0.39, 0.29) is 5.91 Å². The lowest BCUT2D eigenvalue weighted by Crippen LogP contribution is -2.22. The highest BCUT2D eigenvalue weighted by Gasteiger charge is 2.17. The number of carboxylic acid groups (broad SMARTS) is 1. The highest BCUT2D eigenvalue weighted by molar-refractivity contribution is 8.00. The van der Waals surface area contributed by atoms with Gasteiger partial charge in [-0.05, 0) is 30.9 Å². The second-order valence-electron chi connectivity index (χ2n) is 5.25. The van der Waals surface area contributed by atoms with Gasteiger partial charge in [-0.1, -0.05) is 24.8 Å². The average Bonchev–Trinajstić information content (AvgIpc) is 3.07. The molecule has 28 heavy (non-hydrogen) atoms. The van der Waals surface area contributed by atoms with Crippen LogP contribution in [0.3, 0.4) is 0 Å². The van der Waals surface area contributed by atoms with E-state index < -0.39 is 17.1 Å². The van der Waals surface area contributed by atoms with Crippen LogP contribution in [0.2, 0.25) is 0 Å². The van der Waals surface area contributed by atoms with E-state index in [9.17, 15) is 14.4 Å². The van der Waals surface area contributed by atoms with Gasteiger partial charge in [0.15, 0.2) is 0 Å². The number of nitrogens with one attached hydrogen (secondary N) is 2. The van der Waals surface area contributed by atoms with E-state index >= 15 is 0 Å². The van der Waals surface area contributed by atoms with Crippen LogP contribution >= 0.6 is 35.1 Å². The van der Waals surface area contributed by atoms with E-state index in [1.165, 1.54) is 23.5 Å². The zero-order valence-electron chi connectivity index (χ0n) is 15.0. The normalized spacial score (nSPS) is 11.9. The minimum Gasteiger partial charge on any atom is -0.478 e. The molecular formula is C17H18N4O4S3. The van der Waals surface area contributed by atoms with Gasteiger partial charge in [-0.25, -0.2) is 4.79 Å². The lowest BCUT2D eigenvalue weighted by molar-refractivity contribution is -0.131. The molecule has 2 amide bonds. The number of carbonyl (C=O) groups excluding carboxylic acids is 2. The molecular weight excluding hydrogens is 420 g/mol. The van der Waals surface area contributed by atoms with E-state index in [4.69, 9.17) is 5.11 Å². The molecule has 0 aliphatic heterocycles. The molecule has 0 aliphatic rings. The smallest absolute Gasteiger partial charge is 0.328 e. The van der Waals surface area contributed by atoms with E-state index in [0.717, 1.165) is 34.3 Å². The Morgan fingerprint density at radius 3 is 2.79 bits per heavy atom. The van der Waals surface area contributed by atoms with E-state index in [1.807, 2.05) is 13.0 Å². The molecule has 0 spiro atoms. The maximum absolute atomic E-state index is 12.4. The summed E-state index contributed by atoms with van der Waals surface area (Å²) in [6.45, 7) is 3.77. The van der Waals surface area contributed by atoms with Crippen molar-refractivity contribution in [3.8, 4) is 0 Å². The number of carbonyl (C=O) groups is 3. The number of hydrogen-bond donors (Lipinski definition) is 3. The largest absolute Gasteiger partial charge is 0.478 e. The fraction of sp³-hybridized carbons (Fsp3) is 0.235. The third-order valence-electron chi connectivity index (χ3n) is 3.07. The first-order valence-electron chi connectivity index (χ1n) is 8.13. The van der Waals surface area contributed by atoms with Crippen LogP contribution in [0, 0.1) is 0 Å². The Morgan fingerprint density at radius 1 is 1.29 bits per heavy atom. The molecule has 1 aromatic carbocycles. The Balaban J connectivity index is 1.93. The van der Waals surface area contributed by atoms with Crippen LogP contribution in [-0.2, 0) is 14.4 Å². The summed E-state index contributed by atoms with van der Waals surface area (Å²) in [5.74, 6) is -1.09. The first kappa shape index (κ1) is 21.9. The van der Waals surface area contributed by atoms with Gasteiger partial charge in [0.05, 0.1) is 5.25 Å². The quantitative estimate of drug-likeness (QED) is 0.403. The van der Waals surface area contributed by atoms with Crippen LogP contribution in [0.5, 0.6) is 0 Å². The van der Waals surface area contributed by atoms with Crippen molar-refractivity contribution in [2.45, 2.75) is 29.1 Å². The summed E-state index contributed by atoms with van der Waals surface area (Å²) in [6, 6.07) is 6.94. The van der Waals surface area contributed by atoms with Crippen molar-refractivity contribution in [3.05, 3.63) is 36.4 Å². The maximum Gasteiger partial charge on any atom is 0.328 e. The SMILES string of the molecule is CCSc1nsc(NC(=O)C(C)Sc2cccc(NC(=O)/C=C/C(=O)O)c2)n1. The van der Waals surface area contributed by atoms with Gasteiger partial charge in [0.1, 0.15) is 0 Å². The number of carboxylic acids is 1. The number of rotatable bonds is 9. The Bertz CT molecular complexity index is 885. The van der Waals surface area contributed by atoms with Gasteiger partial charge < -0.3 is 10.4 Å². The predicted octanol–water partition coefficient (Wildman–Crippen LogP) is 3.35. The van der Waals surface area contributed by atoms with Gasteiger partial charge in [0.2, 0.25) is 22.1 Å². The van der Waals surface area contributed by atoms with Crippen molar-refractivity contribution in [2.24, 2.45) is 0 Å². The zero-order chi connectivity index (χ0) is 20.5. The molecule has 2 aromatic rings. The van der Waals surface area contributed by atoms with Crippen molar-refractivity contribution < 1.29 is 19.5 Å². The Labute approximate surface area is 174 Å². The van der Waals surface area contributed by atoms with Gasteiger partial charge in [-0.3, -0.25) is 14.9 Å². The standard InChI is InChI=1S/C17H18N4O4S3/c1-3-26-17-20-16(28-21-17)19-15(25)10(2)27-12-6-4-5-11(9-12)18-13(22)7-8-14(23)24/h4-10H,3H2,1-2H3,(H,18,22)(H,23,24)(H,19,20,21,25)/b8-7+. The van der Waals surface area contributed by atoms with Crippen molar-refractivity contribution in [1.82, 2.24) is 9.36 Å². The maximum atomic E-state index is 12.4. The molecule has 0 radical (unpaired) electrons. The van der Waals surface area contributed by atoms with Gasteiger partial charge in [0, 0.05) is 34.3 Å². The molecule has 0 fully saturated rings. The molecule has 0 saturated heterocycles. The number of benzene rings is 1. The number of nitrogens with zero attached hydrogens (tertiary/aromatic N) is 2. The first-order chi connectivity index (χ1) is 13.4. The summed E-state index contributed by atoms with van der Waals surface area (Å²) < 4.78 is 4.16. The summed E-state index contributed by atoms with van der Waals surface area (Å²) in [4.78, 5) is 39.5. The molecule has 1 atom stereocenters. The average molecular weight is 439 g/mol. The fourth-order valence-electron chi connectivity index (χ4n) is 1.89. The molecule has 1 aromatic heterocycles. The number of amides is 2. The van der Waals surface area contributed by atoms with Crippen LogP contribution in [0.25, 0.3) is 0 Å². The number of aliphatic carboxylic acids is 1. The van der Waals surface area contributed by atoms with Crippen LogP contribution in [-0.4, -0.2) is 43.3 Å². The van der Waals surface area contributed by atoms with Crippen molar-refractivity contribution in [3.63, 3.8) is 0 Å². The number of aromatic nitrogens is 2. The van der Waals surface area contributed by atoms with E-state index in [2.05, 4.69) is 20.0 Å². The second-order valence-corrected chi connectivity index (χ2v) is 8.65. The number of hydrogen-bond acceptors (Lipinski definition) is 8. The minimum atomic E-state index is -1.20. The summed E-state index contributed by atoms with van der Waals surface area (Å²) in [6.07, 6.45) is 1.70. The minimum absolute atomic E-state index is 0.201. The number of anilines is 2. The van der Waals surface area contributed by atoms with Gasteiger partial charge in [-0.15, -0.1) is 11.8 Å². The summed E-state index contributed by atoms with van der Waals surface area (Å²) in [5, 5.41) is 14.6. The molecule has 0 saturated carbocycles. The first-order valence-corrected chi connectivity index (χ1v) is 10.8. The molecule has 11 heteroatoms. The Hall–Kier alpha value is -2.37. The van der Waals surface area contributed by atoms with Crippen LogP contribution in [0.15, 0.2) is 46.5 Å². The third kappa shape index (κ3) is 7.33. The third-order valence-corrected chi connectivity index (χ3v) is 5.64. The Kier molecular flexibility index (Phi) is 8.48. The van der Waals surface area contributed by atoms with Gasteiger partial charge in [-0.2, -0.15) is 9.36 Å². The second kappa shape index (κ2) is 10.8. The van der Waals surface area contributed by atoms with Crippen molar-refractivity contribution in [1.29, 1.82) is 0 Å². The van der Waals surface area contributed by atoms with Crippen molar-refractivity contribution >= 4 is 63.7 Å². The lowest BCUT2D eigenvalue weighted by Gasteiger charge is -2.11. The predicted molar refractivity (Wildman–Crippen MR) is 112 cm³/mol. The van der Waals surface area contributed by atoms with Crippen LogP contribution < -0.4 is 10.6 Å². The summed E-state index contributed by atoms with van der Waals surface area (Å²) >= 11 is 3.97. The monoisotopic (exact) mass is 438 g/mol. The summed E-state index contributed by atoms with van der Waals surface area (Å²) in [5.41, 5.74) is 0.503. The topological polar surface area (TPSA) is 121 Å². The lowest BCUT2D eigenvalue weighted by atomic mass is 10.3. The number of thioether (sulfide) groups is 2. The summed E-state index contributed by atoms with van der Waals surface area (Å²) in [7, 11) is 0. The molecule has 3 N–H and O–H groups in total. The fourth-order valence-corrected chi connectivity index (χ4v) is 4.09. The molecule has 148 valence electrons. The highest BCUT2D eigenvalue weighted by atomic mass is 32.2. The molecule has 8 nitrogen and oxygen atoms in total. The zero-order valence-corrected chi connectivity index (χ0v) is 17.5. The molecule has 0 aliphatic carbocycles. The van der Waals surface area contributed by atoms with Crippen molar-refractivity contribution in [2.75, 3.05) is 16.4 Å². The van der Waals surface area contributed by atoms with Crippen LogP contribution in [0.1, 0.15) is 13.8 Å². The van der Waals surface area contributed by atoms with Crippen LogP contribution in [0.4, 0.5) is 10.8 Å². The van der Waals surface area contributed by atoms with E-state index in [1.54, 1.807) is 25.1 Å². The van der Waals surface area contributed by atoms with E-state index in [0.29, 0.717) is 16.0 Å². The molecule has 2 rings (SSSR count).